The normalized spacial score (nSPS) is 16.9. The second-order valence-electron chi connectivity index (χ2n) is 10.5. The van der Waals surface area contributed by atoms with E-state index in [1.807, 2.05) is 96.5 Å². The number of imidazole rings is 1. The molecule has 0 aliphatic carbocycles. The van der Waals surface area contributed by atoms with Gasteiger partial charge in [0.25, 0.3) is 5.91 Å². The molecule has 0 spiro atoms. The lowest BCUT2D eigenvalue weighted by Crippen LogP contribution is -2.51. The molecule has 2 aliphatic rings. The molecule has 2 unspecified atom stereocenters. The third-order valence-corrected chi connectivity index (χ3v) is 8.26. The summed E-state index contributed by atoms with van der Waals surface area (Å²) in [6, 6.07) is 25.5. The summed E-state index contributed by atoms with van der Waals surface area (Å²) in [6.45, 7) is 0.752. The Morgan fingerprint density at radius 1 is 1.00 bits per heavy atom. The van der Waals surface area contributed by atoms with Crippen LogP contribution in [0, 0.1) is 0 Å². The maximum atomic E-state index is 13.9. The molecule has 200 valence electrons. The average molecular weight is 531 g/mol. The predicted molar refractivity (Wildman–Crippen MR) is 154 cm³/mol. The monoisotopic (exact) mass is 530 g/mol. The average Bonchev–Trinajstić information content (AvgIpc) is 3.55. The number of aryl methyl sites for hydroxylation is 1. The molecule has 3 aromatic carbocycles. The molecule has 8 nitrogen and oxygen atoms in total. The minimum Gasteiger partial charge on any atom is -0.349 e. The van der Waals surface area contributed by atoms with Crippen LogP contribution >= 0.6 is 0 Å². The number of amides is 2. The van der Waals surface area contributed by atoms with Gasteiger partial charge in [0.15, 0.2) is 0 Å². The molecule has 0 saturated heterocycles. The maximum Gasteiger partial charge on any atom is 0.257 e. The summed E-state index contributed by atoms with van der Waals surface area (Å²) in [4.78, 5) is 36.2. The third kappa shape index (κ3) is 3.71. The Bertz CT molecular complexity index is 1750. The number of fused-ring (bicyclic) bond motifs is 6. The lowest BCUT2D eigenvalue weighted by molar-refractivity contribution is -0.122. The van der Waals surface area contributed by atoms with Gasteiger partial charge in [0.2, 0.25) is 5.91 Å². The number of carbonyl (C=O) groups excluding carboxylic acids is 2. The lowest BCUT2D eigenvalue weighted by Gasteiger charge is -2.46. The first-order valence-electron chi connectivity index (χ1n) is 13.6. The zero-order chi connectivity index (χ0) is 27.4. The SMILES string of the molecule is CN1c2ccccc2C(=O)N2CCc3c(n(CC(=O)NC(c4ccccc4)c4nccn4C)c4ccccc34)C21. The Hall–Kier alpha value is -4.85. The van der Waals surface area contributed by atoms with E-state index in [0.717, 1.165) is 40.1 Å². The molecule has 1 N–H and O–H groups in total. The van der Waals surface area contributed by atoms with Gasteiger partial charge in [-0.15, -0.1) is 0 Å². The highest BCUT2D eigenvalue weighted by atomic mass is 16.2. The third-order valence-electron chi connectivity index (χ3n) is 8.26. The van der Waals surface area contributed by atoms with Crippen LogP contribution in [0.2, 0.25) is 0 Å². The van der Waals surface area contributed by atoms with Gasteiger partial charge in [-0.25, -0.2) is 4.98 Å². The number of benzene rings is 3. The molecule has 2 aromatic heterocycles. The highest BCUT2D eigenvalue weighted by Crippen LogP contribution is 2.44. The van der Waals surface area contributed by atoms with Gasteiger partial charge in [0, 0.05) is 43.9 Å². The first-order valence-corrected chi connectivity index (χ1v) is 13.6. The fourth-order valence-electron chi connectivity index (χ4n) is 6.43. The molecule has 4 heterocycles. The molecule has 7 rings (SSSR count). The van der Waals surface area contributed by atoms with Crippen LogP contribution in [0.5, 0.6) is 0 Å². The van der Waals surface area contributed by atoms with Gasteiger partial charge >= 0.3 is 0 Å². The number of hydrogen-bond donors (Lipinski definition) is 1. The van der Waals surface area contributed by atoms with Crippen molar-refractivity contribution >= 4 is 28.4 Å². The zero-order valence-corrected chi connectivity index (χ0v) is 22.5. The van der Waals surface area contributed by atoms with Gasteiger partial charge in [0.1, 0.15) is 24.6 Å². The van der Waals surface area contributed by atoms with Gasteiger partial charge in [-0.2, -0.15) is 0 Å². The van der Waals surface area contributed by atoms with Crippen molar-refractivity contribution in [2.45, 2.75) is 25.2 Å². The highest BCUT2D eigenvalue weighted by molar-refractivity contribution is 6.02. The first kappa shape index (κ1) is 24.2. The Kier molecular flexibility index (Phi) is 5.70. The van der Waals surface area contributed by atoms with Crippen LogP contribution < -0.4 is 10.2 Å². The van der Waals surface area contributed by atoms with Crippen LogP contribution in [0.1, 0.15) is 45.2 Å². The lowest BCUT2D eigenvalue weighted by atomic mass is 9.96. The fourth-order valence-corrected chi connectivity index (χ4v) is 6.43. The van der Waals surface area contributed by atoms with E-state index in [1.54, 1.807) is 6.20 Å². The number of aromatic nitrogens is 3. The molecular formula is C32H30N6O2. The van der Waals surface area contributed by atoms with Gasteiger partial charge in [0.05, 0.1) is 16.9 Å². The molecule has 2 atom stereocenters. The molecule has 0 saturated carbocycles. The van der Waals surface area contributed by atoms with Crippen molar-refractivity contribution in [1.82, 2.24) is 24.3 Å². The smallest absolute Gasteiger partial charge is 0.257 e. The van der Waals surface area contributed by atoms with Gasteiger partial charge in [-0.1, -0.05) is 60.7 Å². The maximum absolute atomic E-state index is 13.9. The van der Waals surface area contributed by atoms with Crippen LogP contribution in [0.15, 0.2) is 91.3 Å². The van der Waals surface area contributed by atoms with E-state index in [-0.39, 0.29) is 24.5 Å². The topological polar surface area (TPSA) is 75.4 Å². The summed E-state index contributed by atoms with van der Waals surface area (Å²) >= 11 is 0. The summed E-state index contributed by atoms with van der Waals surface area (Å²) in [6.07, 6.45) is 4.07. The van der Waals surface area contributed by atoms with Crippen LogP contribution in [-0.2, 0) is 24.8 Å². The molecule has 8 heteroatoms. The van der Waals surface area contributed by atoms with Crippen LogP contribution in [0.4, 0.5) is 5.69 Å². The Balaban J connectivity index is 1.30. The summed E-state index contributed by atoms with van der Waals surface area (Å²) in [5.74, 6) is 0.673. The molecule has 5 aromatic rings. The van der Waals surface area contributed by atoms with E-state index in [9.17, 15) is 9.59 Å². The van der Waals surface area contributed by atoms with Crippen molar-refractivity contribution in [2.24, 2.45) is 7.05 Å². The molecule has 2 amide bonds. The number of hydrogen-bond acceptors (Lipinski definition) is 4. The molecule has 0 radical (unpaired) electrons. The number of nitrogens with zero attached hydrogens (tertiary/aromatic N) is 5. The minimum absolute atomic E-state index is 0.0320. The van der Waals surface area contributed by atoms with Crippen LogP contribution in [0.3, 0.4) is 0 Å². The van der Waals surface area contributed by atoms with E-state index in [2.05, 4.69) is 31.9 Å². The van der Waals surface area contributed by atoms with E-state index >= 15 is 0 Å². The summed E-state index contributed by atoms with van der Waals surface area (Å²) in [5.41, 5.74) is 5.78. The molecular weight excluding hydrogens is 500 g/mol. The molecule has 0 fully saturated rings. The van der Waals surface area contributed by atoms with Crippen molar-refractivity contribution in [3.63, 3.8) is 0 Å². The Morgan fingerprint density at radius 2 is 1.75 bits per heavy atom. The number of para-hydroxylation sites is 2. The van der Waals surface area contributed by atoms with Crippen LogP contribution in [0.25, 0.3) is 10.9 Å². The van der Waals surface area contributed by atoms with Gasteiger partial charge in [-0.05, 0) is 35.7 Å². The molecule has 2 aliphatic heterocycles. The highest BCUT2D eigenvalue weighted by Gasteiger charge is 2.42. The van der Waals surface area contributed by atoms with E-state index in [4.69, 9.17) is 0 Å². The second kappa shape index (κ2) is 9.41. The van der Waals surface area contributed by atoms with Crippen molar-refractivity contribution in [3.05, 3.63) is 119 Å². The van der Waals surface area contributed by atoms with Crippen molar-refractivity contribution < 1.29 is 9.59 Å². The van der Waals surface area contributed by atoms with Gasteiger partial charge in [-0.3, -0.25) is 9.59 Å². The predicted octanol–water partition coefficient (Wildman–Crippen LogP) is 4.43. The fraction of sp³-hybridized carbons (Fsp3) is 0.219. The number of anilines is 1. The number of nitrogens with one attached hydrogen (secondary N) is 1. The summed E-state index contributed by atoms with van der Waals surface area (Å²) < 4.78 is 4.04. The summed E-state index contributed by atoms with van der Waals surface area (Å²) in [5, 5.41) is 4.39. The zero-order valence-electron chi connectivity index (χ0n) is 22.5. The van der Waals surface area contributed by atoms with Crippen LogP contribution in [-0.4, -0.2) is 44.4 Å². The van der Waals surface area contributed by atoms with E-state index < -0.39 is 6.04 Å². The van der Waals surface area contributed by atoms with E-state index in [1.165, 1.54) is 5.56 Å². The quantitative estimate of drug-likeness (QED) is 0.365. The van der Waals surface area contributed by atoms with Crippen molar-refractivity contribution in [2.75, 3.05) is 18.5 Å². The Morgan fingerprint density at radius 3 is 2.55 bits per heavy atom. The largest absolute Gasteiger partial charge is 0.349 e. The number of rotatable bonds is 5. The Labute approximate surface area is 232 Å². The van der Waals surface area contributed by atoms with Crippen molar-refractivity contribution in [1.29, 1.82) is 0 Å². The van der Waals surface area contributed by atoms with E-state index in [0.29, 0.717) is 12.1 Å². The number of carbonyl (C=O) groups is 2. The van der Waals surface area contributed by atoms with Crippen molar-refractivity contribution in [3.8, 4) is 0 Å². The molecule has 0 bridgehead atoms. The first-order chi connectivity index (χ1) is 19.5. The summed E-state index contributed by atoms with van der Waals surface area (Å²) in [7, 11) is 3.97. The molecule has 40 heavy (non-hydrogen) atoms. The second-order valence-corrected chi connectivity index (χ2v) is 10.5. The minimum atomic E-state index is -0.395. The standard InChI is InChI=1S/C32H30N6O2/c1-35-19-17-33-30(35)28(21-10-4-3-5-11-21)34-27(39)20-38-26-15-9-6-12-22(26)23-16-18-37-31(29(23)38)36(2)25-14-8-7-13-24(25)32(37)40/h3-15,17,19,28,31H,16,18,20H2,1-2H3,(H,34,39). The van der Waals surface area contributed by atoms with Gasteiger partial charge < -0.3 is 24.3 Å².